The molecule has 1 heterocycles. The first-order chi connectivity index (χ1) is 9.55. The van der Waals surface area contributed by atoms with Crippen LogP contribution in [0.15, 0.2) is 23.9 Å². The van der Waals surface area contributed by atoms with E-state index < -0.39 is 0 Å². The number of aryl methyl sites for hydroxylation is 1. The number of carbonyl (C=O) groups is 1. The van der Waals surface area contributed by atoms with E-state index in [0.717, 1.165) is 24.9 Å². The minimum Gasteiger partial charge on any atom is -0.350 e. The van der Waals surface area contributed by atoms with E-state index in [4.69, 9.17) is 0 Å². The van der Waals surface area contributed by atoms with Crippen molar-refractivity contribution in [1.82, 2.24) is 4.57 Å². The molecule has 3 rings (SSSR count). The first-order valence-electron chi connectivity index (χ1n) is 7.94. The molecule has 0 saturated heterocycles. The van der Waals surface area contributed by atoms with Crippen LogP contribution in [0.1, 0.15) is 68.4 Å². The summed E-state index contributed by atoms with van der Waals surface area (Å²) in [6, 6.07) is 2.03. The second-order valence-corrected chi connectivity index (χ2v) is 7.17. The first-order valence-corrected chi connectivity index (χ1v) is 7.94. The second-order valence-electron chi connectivity index (χ2n) is 7.17. The van der Waals surface area contributed by atoms with Crippen LogP contribution in [0.5, 0.6) is 0 Å². The van der Waals surface area contributed by atoms with Crippen molar-refractivity contribution in [2.45, 2.75) is 65.3 Å². The van der Waals surface area contributed by atoms with Gasteiger partial charge >= 0.3 is 0 Å². The van der Waals surface area contributed by atoms with Crippen LogP contribution in [0.25, 0.3) is 0 Å². The molecule has 108 valence electrons. The smallest absolute Gasteiger partial charge is 0.165 e. The van der Waals surface area contributed by atoms with Gasteiger partial charge in [0.15, 0.2) is 5.78 Å². The zero-order valence-electron chi connectivity index (χ0n) is 12.7. The fourth-order valence-electron chi connectivity index (χ4n) is 3.61. The third-order valence-electron chi connectivity index (χ3n) is 4.72. The SMILES string of the molecule is CC1(C)CC(=O)c2ccn(CCC3=CCCCC3)c2C1. The van der Waals surface area contributed by atoms with E-state index in [1.54, 1.807) is 5.57 Å². The largest absolute Gasteiger partial charge is 0.350 e. The third-order valence-corrected chi connectivity index (χ3v) is 4.72. The van der Waals surface area contributed by atoms with E-state index in [0.29, 0.717) is 12.2 Å². The zero-order valence-corrected chi connectivity index (χ0v) is 12.7. The number of aromatic nitrogens is 1. The standard InChI is InChI=1S/C18H25NO/c1-18(2)12-16-15(17(20)13-18)9-11-19(16)10-8-14-6-4-3-5-7-14/h6,9,11H,3-5,7-8,10,12-13H2,1-2H3. The molecule has 1 aromatic heterocycles. The molecular weight excluding hydrogens is 246 g/mol. The van der Waals surface area contributed by atoms with Crippen molar-refractivity contribution in [3.8, 4) is 0 Å². The maximum Gasteiger partial charge on any atom is 0.165 e. The fraction of sp³-hybridized carbons (Fsp3) is 0.611. The summed E-state index contributed by atoms with van der Waals surface area (Å²) >= 11 is 0. The van der Waals surface area contributed by atoms with Gasteiger partial charge in [-0.15, -0.1) is 0 Å². The van der Waals surface area contributed by atoms with Crippen LogP contribution in [-0.4, -0.2) is 10.4 Å². The van der Waals surface area contributed by atoms with Crippen molar-refractivity contribution in [3.05, 3.63) is 35.2 Å². The molecule has 0 unspecified atom stereocenters. The van der Waals surface area contributed by atoms with Gasteiger partial charge in [0.1, 0.15) is 0 Å². The molecule has 2 heteroatoms. The lowest BCUT2D eigenvalue weighted by molar-refractivity contribution is 0.0910. The number of Topliss-reactive ketones (excluding diaryl/α,β-unsaturated/α-hetero) is 1. The molecule has 0 aromatic carbocycles. The lowest BCUT2D eigenvalue weighted by Gasteiger charge is -2.29. The Balaban J connectivity index is 1.75. The summed E-state index contributed by atoms with van der Waals surface area (Å²) in [6.45, 7) is 5.44. The summed E-state index contributed by atoms with van der Waals surface area (Å²) in [6.07, 6.45) is 12.6. The van der Waals surface area contributed by atoms with E-state index in [9.17, 15) is 4.79 Å². The summed E-state index contributed by atoms with van der Waals surface area (Å²) in [5.41, 5.74) is 3.97. The average molecular weight is 271 g/mol. The minimum absolute atomic E-state index is 0.115. The van der Waals surface area contributed by atoms with Gasteiger partial charge in [0, 0.05) is 30.4 Å². The van der Waals surface area contributed by atoms with Gasteiger partial charge < -0.3 is 4.57 Å². The quantitative estimate of drug-likeness (QED) is 0.740. The van der Waals surface area contributed by atoms with Crippen LogP contribution in [0.2, 0.25) is 0 Å². The molecule has 2 aliphatic rings. The summed E-state index contributed by atoms with van der Waals surface area (Å²) in [4.78, 5) is 12.2. The Morgan fingerprint density at radius 1 is 1.25 bits per heavy atom. The minimum atomic E-state index is 0.115. The number of allylic oxidation sites excluding steroid dienone is 2. The topological polar surface area (TPSA) is 22.0 Å². The highest BCUT2D eigenvalue weighted by molar-refractivity contribution is 5.98. The summed E-state index contributed by atoms with van der Waals surface area (Å²) in [5, 5.41) is 0. The van der Waals surface area contributed by atoms with E-state index >= 15 is 0 Å². The van der Waals surface area contributed by atoms with Gasteiger partial charge in [-0.1, -0.05) is 25.5 Å². The van der Waals surface area contributed by atoms with Crippen LogP contribution in [0.3, 0.4) is 0 Å². The molecule has 0 atom stereocenters. The molecule has 0 radical (unpaired) electrons. The monoisotopic (exact) mass is 271 g/mol. The predicted octanol–water partition coefficient (Wildman–Crippen LogP) is 4.53. The summed E-state index contributed by atoms with van der Waals surface area (Å²) in [5.74, 6) is 0.326. The number of ketones is 1. The Morgan fingerprint density at radius 3 is 2.85 bits per heavy atom. The molecule has 2 nitrogen and oxygen atoms in total. The van der Waals surface area contributed by atoms with Gasteiger partial charge in [0.2, 0.25) is 0 Å². The van der Waals surface area contributed by atoms with Crippen molar-refractivity contribution in [3.63, 3.8) is 0 Å². The van der Waals surface area contributed by atoms with Gasteiger partial charge in [-0.2, -0.15) is 0 Å². The molecular formula is C18H25NO. The van der Waals surface area contributed by atoms with Crippen LogP contribution < -0.4 is 0 Å². The highest BCUT2D eigenvalue weighted by Crippen LogP contribution is 2.35. The van der Waals surface area contributed by atoms with Gasteiger partial charge in [-0.3, -0.25) is 4.79 Å². The fourth-order valence-corrected chi connectivity index (χ4v) is 3.61. The molecule has 0 aliphatic heterocycles. The predicted molar refractivity (Wildman–Crippen MR) is 82.0 cm³/mol. The van der Waals surface area contributed by atoms with Crippen LogP contribution in [-0.2, 0) is 13.0 Å². The van der Waals surface area contributed by atoms with Crippen molar-refractivity contribution in [2.24, 2.45) is 5.41 Å². The molecule has 20 heavy (non-hydrogen) atoms. The molecule has 0 N–H and O–H groups in total. The van der Waals surface area contributed by atoms with Gasteiger partial charge in [-0.05, 0) is 50.0 Å². The van der Waals surface area contributed by atoms with E-state index in [1.807, 2.05) is 6.07 Å². The van der Waals surface area contributed by atoms with Crippen LogP contribution in [0, 0.1) is 5.41 Å². The lowest BCUT2D eigenvalue weighted by atomic mass is 9.76. The molecule has 0 saturated carbocycles. The normalized spacial score (nSPS) is 21.5. The lowest BCUT2D eigenvalue weighted by Crippen LogP contribution is -2.28. The molecule has 2 aliphatic carbocycles. The Kier molecular flexibility index (Phi) is 3.57. The molecule has 1 aromatic rings. The maximum atomic E-state index is 12.2. The van der Waals surface area contributed by atoms with Gasteiger partial charge in [0.05, 0.1) is 0 Å². The zero-order chi connectivity index (χ0) is 14.2. The number of nitrogens with zero attached hydrogens (tertiary/aromatic N) is 1. The van der Waals surface area contributed by atoms with E-state index in [-0.39, 0.29) is 5.41 Å². The Hall–Kier alpha value is -1.31. The number of rotatable bonds is 3. The third kappa shape index (κ3) is 2.74. The van der Waals surface area contributed by atoms with Crippen molar-refractivity contribution in [2.75, 3.05) is 0 Å². The van der Waals surface area contributed by atoms with Gasteiger partial charge in [0.25, 0.3) is 0 Å². The molecule has 0 fully saturated rings. The first kappa shape index (κ1) is 13.7. The maximum absolute atomic E-state index is 12.2. The number of hydrogen-bond donors (Lipinski definition) is 0. The number of hydrogen-bond acceptors (Lipinski definition) is 1. The van der Waals surface area contributed by atoms with Crippen molar-refractivity contribution >= 4 is 5.78 Å². The molecule has 0 amide bonds. The van der Waals surface area contributed by atoms with Crippen molar-refractivity contribution < 1.29 is 4.79 Å². The second kappa shape index (κ2) is 5.23. The number of fused-ring (bicyclic) bond motifs is 1. The van der Waals surface area contributed by atoms with E-state index in [1.165, 1.54) is 31.4 Å². The Morgan fingerprint density at radius 2 is 2.10 bits per heavy atom. The highest BCUT2D eigenvalue weighted by atomic mass is 16.1. The van der Waals surface area contributed by atoms with Gasteiger partial charge in [-0.25, -0.2) is 0 Å². The summed E-state index contributed by atoms with van der Waals surface area (Å²) in [7, 11) is 0. The summed E-state index contributed by atoms with van der Waals surface area (Å²) < 4.78 is 2.32. The molecule has 0 spiro atoms. The highest BCUT2D eigenvalue weighted by Gasteiger charge is 2.32. The van der Waals surface area contributed by atoms with Crippen LogP contribution in [0.4, 0.5) is 0 Å². The Bertz CT molecular complexity index is 548. The Labute approximate surface area is 121 Å². The van der Waals surface area contributed by atoms with Crippen LogP contribution >= 0.6 is 0 Å². The average Bonchev–Trinajstić information content (AvgIpc) is 2.79. The van der Waals surface area contributed by atoms with Crippen molar-refractivity contribution in [1.29, 1.82) is 0 Å². The number of carbonyl (C=O) groups excluding carboxylic acids is 1. The van der Waals surface area contributed by atoms with E-state index in [2.05, 4.69) is 30.7 Å². The molecule has 0 bridgehead atoms.